The zero-order valence-corrected chi connectivity index (χ0v) is 11.5. The van der Waals surface area contributed by atoms with Crippen molar-refractivity contribution in [2.45, 2.75) is 31.2 Å². The Labute approximate surface area is 122 Å². The minimum absolute atomic E-state index is 0.0575. The van der Waals surface area contributed by atoms with Crippen molar-refractivity contribution in [3.05, 3.63) is 28.2 Å². The van der Waals surface area contributed by atoms with Crippen molar-refractivity contribution >= 4 is 34.8 Å². The topological polar surface area (TPSA) is 40.5 Å². The van der Waals surface area contributed by atoms with Crippen LogP contribution in [0.15, 0.2) is 18.2 Å². The largest absolute Gasteiger partial charge is 0.416 e. The number of alkyl halides is 3. The first-order valence-corrected chi connectivity index (χ1v) is 6.49. The van der Waals surface area contributed by atoms with E-state index in [1.165, 1.54) is 18.2 Å². The van der Waals surface area contributed by atoms with E-state index in [1.54, 1.807) is 0 Å². The molecule has 1 amide bonds. The predicted molar refractivity (Wildman–Crippen MR) is 69.0 cm³/mol. The van der Waals surface area contributed by atoms with Crippen LogP contribution in [0.4, 0.5) is 18.9 Å². The van der Waals surface area contributed by atoms with Gasteiger partial charge in [-0.15, -0.1) is 0 Å². The average molecular weight is 328 g/mol. The Kier molecular flexibility index (Phi) is 4.18. The number of rotatable bonds is 2. The zero-order chi connectivity index (χ0) is 15.1. The lowest BCUT2D eigenvalue weighted by atomic mass is 10.1. The van der Waals surface area contributed by atoms with Crippen LogP contribution in [0, 0.1) is 0 Å². The molecule has 0 spiro atoms. The standard InChI is InChI=1S/C12H10Cl2F3NO2/c13-7-2-1-6(5-8(7)14)18-9(3-4-10(18)19)11(20)12(15,16)17/h1-2,5,9,11,20H,3-4H2/t9?,11-/m0/s1. The second kappa shape index (κ2) is 5.42. The summed E-state index contributed by atoms with van der Waals surface area (Å²) in [4.78, 5) is 12.7. The Morgan fingerprint density at radius 1 is 1.30 bits per heavy atom. The van der Waals surface area contributed by atoms with Crippen LogP contribution in [-0.4, -0.2) is 29.3 Å². The third-order valence-corrected chi connectivity index (χ3v) is 3.87. The molecule has 8 heteroatoms. The van der Waals surface area contributed by atoms with E-state index < -0.39 is 24.2 Å². The van der Waals surface area contributed by atoms with Crippen molar-refractivity contribution in [1.82, 2.24) is 0 Å². The van der Waals surface area contributed by atoms with Gasteiger partial charge < -0.3 is 10.0 Å². The van der Waals surface area contributed by atoms with Gasteiger partial charge in [-0.1, -0.05) is 23.2 Å². The number of carbonyl (C=O) groups excluding carboxylic acids is 1. The molecule has 1 aromatic carbocycles. The third-order valence-electron chi connectivity index (χ3n) is 3.14. The van der Waals surface area contributed by atoms with Gasteiger partial charge in [0.2, 0.25) is 5.91 Å². The van der Waals surface area contributed by atoms with E-state index in [0.717, 1.165) is 4.90 Å². The van der Waals surface area contributed by atoms with Crippen LogP contribution in [0.2, 0.25) is 10.0 Å². The number of benzene rings is 1. The number of amides is 1. The fourth-order valence-electron chi connectivity index (χ4n) is 2.19. The predicted octanol–water partition coefficient (Wildman–Crippen LogP) is 3.41. The highest BCUT2D eigenvalue weighted by Crippen LogP contribution is 2.36. The molecule has 1 aromatic rings. The van der Waals surface area contributed by atoms with Crippen LogP contribution in [0.25, 0.3) is 0 Å². The van der Waals surface area contributed by atoms with Gasteiger partial charge in [-0.05, 0) is 24.6 Å². The first-order valence-electron chi connectivity index (χ1n) is 5.73. The number of aliphatic hydroxyl groups is 1. The number of hydrogen-bond acceptors (Lipinski definition) is 2. The first-order chi connectivity index (χ1) is 9.21. The third kappa shape index (κ3) is 2.87. The van der Waals surface area contributed by atoms with Crippen LogP contribution < -0.4 is 4.90 Å². The SMILES string of the molecule is O=C1CCC([C@H](O)C(F)(F)F)N1c1ccc(Cl)c(Cl)c1. The van der Waals surface area contributed by atoms with Gasteiger partial charge in [0, 0.05) is 12.1 Å². The maximum absolute atomic E-state index is 12.6. The quantitative estimate of drug-likeness (QED) is 0.904. The smallest absolute Gasteiger partial charge is 0.382 e. The molecule has 0 aromatic heterocycles. The van der Waals surface area contributed by atoms with E-state index >= 15 is 0 Å². The molecule has 1 aliphatic rings. The summed E-state index contributed by atoms with van der Waals surface area (Å²) in [6, 6.07) is 2.75. The minimum atomic E-state index is -4.79. The van der Waals surface area contributed by atoms with Gasteiger partial charge in [-0.2, -0.15) is 13.2 Å². The van der Waals surface area contributed by atoms with E-state index in [4.69, 9.17) is 23.2 Å². The molecule has 0 radical (unpaired) electrons. The summed E-state index contributed by atoms with van der Waals surface area (Å²) in [6.45, 7) is 0. The highest BCUT2D eigenvalue weighted by atomic mass is 35.5. The summed E-state index contributed by atoms with van der Waals surface area (Å²) in [6.07, 6.45) is -7.51. The van der Waals surface area contributed by atoms with Crippen molar-refractivity contribution < 1.29 is 23.1 Å². The molecule has 0 aliphatic carbocycles. The maximum atomic E-state index is 12.6. The van der Waals surface area contributed by atoms with Crippen LogP contribution >= 0.6 is 23.2 Å². The number of hydrogen-bond donors (Lipinski definition) is 1. The van der Waals surface area contributed by atoms with Gasteiger partial charge in [0.15, 0.2) is 6.10 Å². The Hall–Kier alpha value is -0.980. The van der Waals surface area contributed by atoms with Gasteiger partial charge in [0.05, 0.1) is 16.1 Å². The van der Waals surface area contributed by atoms with Crippen LogP contribution in [0.5, 0.6) is 0 Å². The normalized spacial score (nSPS) is 21.4. The second-order valence-corrected chi connectivity index (χ2v) is 5.27. The molecule has 3 nitrogen and oxygen atoms in total. The Morgan fingerprint density at radius 2 is 1.95 bits per heavy atom. The van der Waals surface area contributed by atoms with Crippen LogP contribution in [-0.2, 0) is 4.79 Å². The van der Waals surface area contributed by atoms with Crippen molar-refractivity contribution in [3.8, 4) is 0 Å². The fourth-order valence-corrected chi connectivity index (χ4v) is 2.49. The molecule has 0 saturated carbocycles. The van der Waals surface area contributed by atoms with E-state index in [1.807, 2.05) is 0 Å². The van der Waals surface area contributed by atoms with Crippen molar-refractivity contribution in [1.29, 1.82) is 0 Å². The van der Waals surface area contributed by atoms with Crippen molar-refractivity contribution in [2.75, 3.05) is 4.90 Å². The molecular formula is C12H10Cl2F3NO2. The molecule has 2 rings (SSSR count). The average Bonchev–Trinajstić information content (AvgIpc) is 2.72. The van der Waals surface area contributed by atoms with Gasteiger partial charge in [0.25, 0.3) is 0 Å². The van der Waals surface area contributed by atoms with Crippen LogP contribution in [0.3, 0.4) is 0 Å². The summed E-state index contributed by atoms with van der Waals surface area (Å²) in [5.74, 6) is -0.489. The molecule has 1 heterocycles. The number of aliphatic hydroxyl groups excluding tert-OH is 1. The summed E-state index contributed by atoms with van der Waals surface area (Å²) < 4.78 is 37.9. The molecule has 1 aliphatic heterocycles. The van der Waals surface area contributed by atoms with E-state index in [2.05, 4.69) is 0 Å². The molecule has 2 atom stereocenters. The lowest BCUT2D eigenvalue weighted by molar-refractivity contribution is -0.209. The lowest BCUT2D eigenvalue weighted by Crippen LogP contribution is -2.48. The molecule has 1 N–H and O–H groups in total. The number of carbonyl (C=O) groups is 1. The van der Waals surface area contributed by atoms with E-state index in [-0.39, 0.29) is 28.6 Å². The van der Waals surface area contributed by atoms with Gasteiger partial charge >= 0.3 is 6.18 Å². The first kappa shape index (κ1) is 15.4. The highest BCUT2D eigenvalue weighted by molar-refractivity contribution is 6.42. The summed E-state index contributed by atoms with van der Waals surface area (Å²) >= 11 is 11.5. The molecule has 20 heavy (non-hydrogen) atoms. The minimum Gasteiger partial charge on any atom is -0.382 e. The summed E-state index contributed by atoms with van der Waals surface area (Å²) in [5, 5.41) is 9.74. The highest BCUT2D eigenvalue weighted by Gasteiger charge is 2.49. The second-order valence-electron chi connectivity index (χ2n) is 4.45. The number of nitrogens with zero attached hydrogens (tertiary/aromatic N) is 1. The Morgan fingerprint density at radius 3 is 2.50 bits per heavy atom. The van der Waals surface area contributed by atoms with Crippen molar-refractivity contribution in [3.63, 3.8) is 0 Å². The maximum Gasteiger partial charge on any atom is 0.416 e. The molecule has 0 bridgehead atoms. The van der Waals surface area contributed by atoms with Crippen LogP contribution in [0.1, 0.15) is 12.8 Å². The van der Waals surface area contributed by atoms with Gasteiger partial charge in [-0.3, -0.25) is 4.79 Å². The molecule has 110 valence electrons. The van der Waals surface area contributed by atoms with E-state index in [0.29, 0.717) is 0 Å². The molecule has 1 fully saturated rings. The Balaban J connectivity index is 2.36. The molecule has 1 saturated heterocycles. The number of halogens is 5. The summed E-state index contributed by atoms with van der Waals surface area (Å²) in [5.41, 5.74) is 0.190. The fraction of sp³-hybridized carbons (Fsp3) is 0.417. The zero-order valence-electron chi connectivity index (χ0n) is 9.99. The van der Waals surface area contributed by atoms with Crippen molar-refractivity contribution in [2.24, 2.45) is 0 Å². The molecular weight excluding hydrogens is 318 g/mol. The number of anilines is 1. The Bertz CT molecular complexity index is 536. The van der Waals surface area contributed by atoms with Gasteiger partial charge in [0.1, 0.15) is 0 Å². The lowest BCUT2D eigenvalue weighted by Gasteiger charge is -2.30. The summed E-state index contributed by atoms with van der Waals surface area (Å²) in [7, 11) is 0. The molecule has 1 unspecified atom stereocenters. The van der Waals surface area contributed by atoms with Gasteiger partial charge in [-0.25, -0.2) is 0 Å². The van der Waals surface area contributed by atoms with E-state index in [9.17, 15) is 23.1 Å². The monoisotopic (exact) mass is 327 g/mol.